The van der Waals surface area contributed by atoms with Crippen molar-refractivity contribution in [2.45, 2.75) is 39.3 Å². The van der Waals surface area contributed by atoms with Crippen molar-refractivity contribution in [3.05, 3.63) is 41.9 Å². The lowest BCUT2D eigenvalue weighted by atomic mass is 10.1. The summed E-state index contributed by atoms with van der Waals surface area (Å²) in [7, 11) is 0. The predicted octanol–water partition coefficient (Wildman–Crippen LogP) is 2.20. The molecular weight excluding hydrogens is 332 g/mol. The van der Waals surface area contributed by atoms with Crippen LogP contribution in [0.2, 0.25) is 0 Å². The van der Waals surface area contributed by atoms with Crippen LogP contribution in [0.4, 0.5) is 5.95 Å². The van der Waals surface area contributed by atoms with Gasteiger partial charge in [0.2, 0.25) is 11.9 Å². The van der Waals surface area contributed by atoms with Crippen molar-refractivity contribution in [1.29, 1.82) is 0 Å². The topological polar surface area (TPSA) is 119 Å². The Labute approximate surface area is 150 Å². The Balaban J connectivity index is 1.80. The molecule has 3 rings (SSSR count). The average Bonchev–Trinajstić information content (AvgIpc) is 3.20. The van der Waals surface area contributed by atoms with E-state index in [1.165, 1.54) is 0 Å². The van der Waals surface area contributed by atoms with Crippen molar-refractivity contribution < 1.29 is 9.59 Å². The molecule has 2 aromatic heterocycles. The summed E-state index contributed by atoms with van der Waals surface area (Å²) in [5.41, 5.74) is 7.00. The number of para-hydroxylation sites is 1. The number of aromatic amines is 1. The number of amides is 1. The molecule has 1 aromatic carbocycles. The fraction of sp³-hybridized carbons (Fsp3) is 0.333. The second-order valence-electron chi connectivity index (χ2n) is 6.23. The Morgan fingerprint density at radius 3 is 2.81 bits per heavy atom. The number of Topliss-reactive ketones (excluding diaryl/α,β-unsaturated/α-hetero) is 1. The number of carbonyl (C=O) groups is 2. The first kappa shape index (κ1) is 17.7. The quantitative estimate of drug-likeness (QED) is 0.562. The Morgan fingerprint density at radius 1 is 1.35 bits per heavy atom. The summed E-state index contributed by atoms with van der Waals surface area (Å²) in [5, 5.41) is 10.2. The molecule has 0 spiro atoms. The highest BCUT2D eigenvalue weighted by molar-refractivity contribution is 6.08. The van der Waals surface area contributed by atoms with Crippen LogP contribution < -0.4 is 11.1 Å². The third-order valence-corrected chi connectivity index (χ3v) is 4.19. The molecule has 0 unspecified atom stereocenters. The summed E-state index contributed by atoms with van der Waals surface area (Å²) >= 11 is 0. The molecule has 26 heavy (non-hydrogen) atoms. The molecule has 0 fully saturated rings. The second kappa shape index (κ2) is 7.38. The first-order chi connectivity index (χ1) is 12.5. The summed E-state index contributed by atoms with van der Waals surface area (Å²) in [4.78, 5) is 28.8. The maximum absolute atomic E-state index is 12.4. The van der Waals surface area contributed by atoms with E-state index in [1.807, 2.05) is 31.2 Å². The minimum absolute atomic E-state index is 0.0911. The Morgan fingerprint density at radius 2 is 2.12 bits per heavy atom. The lowest BCUT2D eigenvalue weighted by Gasteiger charge is -2.12. The number of anilines is 1. The number of aromatic nitrogens is 4. The van der Waals surface area contributed by atoms with Gasteiger partial charge in [0, 0.05) is 29.1 Å². The van der Waals surface area contributed by atoms with Crippen molar-refractivity contribution in [3.63, 3.8) is 0 Å². The first-order valence-corrected chi connectivity index (χ1v) is 8.57. The van der Waals surface area contributed by atoms with Gasteiger partial charge in [0.05, 0.1) is 6.04 Å². The van der Waals surface area contributed by atoms with E-state index >= 15 is 0 Å². The SMILES string of the molecule is CCCC(=O)c1cn(CC(=O)N[C@@H](C)c2nc(N)n[nH]2)c2ccccc12. The summed E-state index contributed by atoms with van der Waals surface area (Å²) in [5.74, 6) is 0.527. The number of ketones is 1. The number of carbonyl (C=O) groups excluding carboxylic acids is 2. The monoisotopic (exact) mass is 354 g/mol. The zero-order valence-electron chi connectivity index (χ0n) is 14.8. The van der Waals surface area contributed by atoms with Crippen LogP contribution in [-0.4, -0.2) is 31.4 Å². The van der Waals surface area contributed by atoms with Crippen LogP contribution in [0.5, 0.6) is 0 Å². The number of nitrogens with zero attached hydrogens (tertiary/aromatic N) is 3. The molecule has 4 N–H and O–H groups in total. The Hall–Kier alpha value is -3.16. The van der Waals surface area contributed by atoms with Crippen molar-refractivity contribution in [3.8, 4) is 0 Å². The maximum Gasteiger partial charge on any atom is 0.240 e. The normalized spacial score (nSPS) is 12.2. The molecular formula is C18H22N6O2. The van der Waals surface area contributed by atoms with Crippen LogP contribution in [0.1, 0.15) is 48.9 Å². The summed E-state index contributed by atoms with van der Waals surface area (Å²) < 4.78 is 1.80. The minimum atomic E-state index is -0.352. The third-order valence-electron chi connectivity index (χ3n) is 4.19. The van der Waals surface area contributed by atoms with Crippen LogP contribution in [0.3, 0.4) is 0 Å². The van der Waals surface area contributed by atoms with Gasteiger partial charge in [-0.25, -0.2) is 0 Å². The fourth-order valence-electron chi connectivity index (χ4n) is 2.95. The molecule has 1 amide bonds. The van der Waals surface area contributed by atoms with Gasteiger partial charge in [-0.1, -0.05) is 25.1 Å². The molecule has 8 nitrogen and oxygen atoms in total. The lowest BCUT2D eigenvalue weighted by Crippen LogP contribution is -2.30. The second-order valence-corrected chi connectivity index (χ2v) is 6.23. The van der Waals surface area contributed by atoms with Crippen LogP contribution in [-0.2, 0) is 11.3 Å². The smallest absolute Gasteiger partial charge is 0.240 e. The van der Waals surface area contributed by atoms with E-state index in [0.29, 0.717) is 17.8 Å². The molecule has 136 valence electrons. The average molecular weight is 354 g/mol. The molecule has 3 aromatic rings. The summed E-state index contributed by atoms with van der Waals surface area (Å²) in [6.07, 6.45) is 3.04. The Bertz CT molecular complexity index is 942. The van der Waals surface area contributed by atoms with Crippen molar-refractivity contribution in [1.82, 2.24) is 25.1 Å². The largest absolute Gasteiger partial charge is 0.367 e. The van der Waals surface area contributed by atoms with Crippen molar-refractivity contribution in [2.24, 2.45) is 0 Å². The highest BCUT2D eigenvalue weighted by Gasteiger charge is 2.17. The van der Waals surface area contributed by atoms with Gasteiger partial charge in [-0.15, -0.1) is 5.10 Å². The molecule has 0 radical (unpaired) electrons. The number of benzene rings is 1. The molecule has 8 heteroatoms. The maximum atomic E-state index is 12.4. The van der Waals surface area contributed by atoms with E-state index in [1.54, 1.807) is 17.7 Å². The number of hydrogen-bond donors (Lipinski definition) is 3. The van der Waals surface area contributed by atoms with Gasteiger partial charge in [-0.2, -0.15) is 4.98 Å². The van der Waals surface area contributed by atoms with E-state index in [4.69, 9.17) is 5.73 Å². The van der Waals surface area contributed by atoms with Crippen LogP contribution in [0, 0.1) is 0 Å². The van der Waals surface area contributed by atoms with Gasteiger partial charge in [0.25, 0.3) is 0 Å². The van der Waals surface area contributed by atoms with Gasteiger partial charge in [-0.05, 0) is 19.4 Å². The molecule has 0 aliphatic rings. The number of nitrogen functional groups attached to an aromatic ring is 1. The molecule has 0 aliphatic carbocycles. The van der Waals surface area contributed by atoms with Crippen molar-refractivity contribution >= 4 is 28.5 Å². The van der Waals surface area contributed by atoms with Crippen LogP contribution in [0.15, 0.2) is 30.5 Å². The number of H-pyrrole nitrogens is 1. The molecule has 1 atom stereocenters. The van der Waals surface area contributed by atoms with Crippen LogP contribution >= 0.6 is 0 Å². The van der Waals surface area contributed by atoms with Gasteiger partial charge in [0.1, 0.15) is 12.4 Å². The van der Waals surface area contributed by atoms with Gasteiger partial charge >= 0.3 is 0 Å². The highest BCUT2D eigenvalue weighted by Crippen LogP contribution is 2.23. The van der Waals surface area contributed by atoms with Gasteiger partial charge in [0.15, 0.2) is 5.78 Å². The molecule has 2 heterocycles. The van der Waals surface area contributed by atoms with E-state index in [9.17, 15) is 9.59 Å². The standard InChI is InChI=1S/C18H22N6O2/c1-3-6-15(25)13-9-24(14-8-5-4-7-12(13)14)10-16(26)20-11(2)17-21-18(19)23-22-17/h4-5,7-9,11H,3,6,10H2,1-2H3,(H,20,26)(H3,19,21,22,23)/t11-/m0/s1. The Kier molecular flexibility index (Phi) is 5.01. The van der Waals surface area contributed by atoms with E-state index in [0.717, 1.165) is 17.3 Å². The number of rotatable bonds is 7. The minimum Gasteiger partial charge on any atom is -0.367 e. The first-order valence-electron chi connectivity index (χ1n) is 8.57. The van der Waals surface area contributed by atoms with Gasteiger partial charge in [-0.3, -0.25) is 14.7 Å². The van der Waals surface area contributed by atoms with E-state index in [-0.39, 0.29) is 30.2 Å². The number of nitrogens with one attached hydrogen (secondary N) is 2. The van der Waals surface area contributed by atoms with E-state index in [2.05, 4.69) is 20.5 Å². The highest BCUT2D eigenvalue weighted by atomic mass is 16.2. The van der Waals surface area contributed by atoms with Crippen LogP contribution in [0.25, 0.3) is 10.9 Å². The fourth-order valence-corrected chi connectivity index (χ4v) is 2.95. The third kappa shape index (κ3) is 3.58. The van der Waals surface area contributed by atoms with E-state index < -0.39 is 0 Å². The zero-order chi connectivity index (χ0) is 18.7. The molecule has 0 bridgehead atoms. The molecule has 0 aliphatic heterocycles. The van der Waals surface area contributed by atoms with Gasteiger partial charge < -0.3 is 15.6 Å². The summed E-state index contributed by atoms with van der Waals surface area (Å²) in [6.45, 7) is 3.87. The summed E-state index contributed by atoms with van der Waals surface area (Å²) in [6, 6.07) is 7.25. The zero-order valence-corrected chi connectivity index (χ0v) is 14.8. The number of hydrogen-bond acceptors (Lipinski definition) is 5. The predicted molar refractivity (Wildman–Crippen MR) is 98.5 cm³/mol. The number of fused-ring (bicyclic) bond motifs is 1. The lowest BCUT2D eigenvalue weighted by molar-refractivity contribution is -0.122. The van der Waals surface area contributed by atoms with Crippen molar-refractivity contribution in [2.75, 3.05) is 5.73 Å². The number of nitrogens with two attached hydrogens (primary N) is 1. The molecule has 0 saturated carbocycles. The molecule has 0 saturated heterocycles.